The molecule has 86 valence electrons. The summed E-state index contributed by atoms with van der Waals surface area (Å²) in [5, 5.41) is 0. The highest BCUT2D eigenvalue weighted by Crippen LogP contribution is 2.35. The Morgan fingerprint density at radius 3 is 2.71 bits per heavy atom. The van der Waals surface area contributed by atoms with Gasteiger partial charge in [0.15, 0.2) is 5.58 Å². The van der Waals surface area contributed by atoms with Crippen molar-refractivity contribution in [1.82, 2.24) is 9.88 Å². The molecule has 0 amide bonds. The zero-order valence-electron chi connectivity index (χ0n) is 9.60. The molecule has 4 heterocycles. The van der Waals surface area contributed by atoms with Crippen LogP contribution in [0.3, 0.4) is 0 Å². The maximum atomic E-state index is 5.84. The van der Waals surface area contributed by atoms with E-state index in [-0.39, 0.29) is 0 Å². The predicted octanol–water partition coefficient (Wildman–Crippen LogP) is 2.89. The van der Waals surface area contributed by atoms with Crippen LogP contribution in [0.1, 0.15) is 18.7 Å². The van der Waals surface area contributed by atoms with Crippen LogP contribution in [0.2, 0.25) is 0 Å². The third-order valence-corrected chi connectivity index (χ3v) is 3.79. The maximum absolute atomic E-state index is 5.84. The van der Waals surface area contributed by atoms with Gasteiger partial charge in [-0.15, -0.1) is 0 Å². The first kappa shape index (κ1) is 9.28. The van der Waals surface area contributed by atoms with Crippen molar-refractivity contribution >= 4 is 16.8 Å². The Morgan fingerprint density at radius 1 is 1.18 bits per heavy atom. The van der Waals surface area contributed by atoms with Gasteiger partial charge in [-0.3, -0.25) is 0 Å². The molecular weight excluding hydrogens is 212 g/mol. The van der Waals surface area contributed by atoms with Crippen molar-refractivity contribution < 1.29 is 4.42 Å². The van der Waals surface area contributed by atoms with Crippen molar-refractivity contribution in [3.05, 3.63) is 36.2 Å². The average molecular weight is 226 g/mol. The predicted molar refractivity (Wildman–Crippen MR) is 66.3 cm³/mol. The summed E-state index contributed by atoms with van der Waals surface area (Å²) in [6.45, 7) is 2.30. The number of aromatic nitrogens is 1. The van der Waals surface area contributed by atoms with E-state index in [4.69, 9.17) is 4.42 Å². The SMILES string of the molecule is C1=C(c2nc3ccccc3o2)N2CCC1CC2. The molecule has 17 heavy (non-hydrogen) atoms. The Labute approximate surface area is 99.7 Å². The molecule has 2 bridgehead atoms. The maximum Gasteiger partial charge on any atom is 0.243 e. The van der Waals surface area contributed by atoms with Gasteiger partial charge in [0.05, 0.1) is 5.70 Å². The molecule has 0 aliphatic carbocycles. The van der Waals surface area contributed by atoms with Gasteiger partial charge in [0, 0.05) is 13.1 Å². The van der Waals surface area contributed by atoms with Crippen LogP contribution in [0.25, 0.3) is 16.8 Å². The number of piperidine rings is 1. The minimum atomic E-state index is 0.727. The number of para-hydroxylation sites is 2. The van der Waals surface area contributed by atoms with E-state index in [9.17, 15) is 0 Å². The Morgan fingerprint density at radius 2 is 2.00 bits per heavy atom. The first-order valence-electron chi connectivity index (χ1n) is 6.23. The first-order chi connectivity index (χ1) is 8.40. The normalized spacial score (nSPS) is 20.0. The van der Waals surface area contributed by atoms with Gasteiger partial charge in [-0.1, -0.05) is 18.2 Å². The molecule has 3 aliphatic heterocycles. The van der Waals surface area contributed by atoms with Crippen LogP contribution in [0.5, 0.6) is 0 Å². The van der Waals surface area contributed by atoms with Crippen molar-refractivity contribution in [2.45, 2.75) is 12.8 Å². The monoisotopic (exact) mass is 226 g/mol. The third kappa shape index (κ3) is 1.38. The molecule has 1 saturated heterocycles. The largest absolute Gasteiger partial charge is 0.435 e. The van der Waals surface area contributed by atoms with E-state index in [0.717, 1.165) is 36.0 Å². The van der Waals surface area contributed by atoms with Crippen LogP contribution in [0.4, 0.5) is 0 Å². The van der Waals surface area contributed by atoms with Crippen molar-refractivity contribution in [2.24, 2.45) is 5.92 Å². The highest BCUT2D eigenvalue weighted by molar-refractivity contribution is 5.75. The summed E-state index contributed by atoms with van der Waals surface area (Å²) in [6.07, 6.45) is 4.89. The Hall–Kier alpha value is -1.77. The number of benzene rings is 1. The Kier molecular flexibility index (Phi) is 1.83. The van der Waals surface area contributed by atoms with Gasteiger partial charge in [-0.2, -0.15) is 0 Å². The number of oxazole rings is 1. The minimum Gasteiger partial charge on any atom is -0.435 e. The summed E-state index contributed by atoms with van der Waals surface area (Å²) in [6, 6.07) is 7.96. The fourth-order valence-electron chi connectivity index (χ4n) is 2.82. The van der Waals surface area contributed by atoms with Gasteiger partial charge in [-0.25, -0.2) is 4.98 Å². The third-order valence-electron chi connectivity index (χ3n) is 3.79. The van der Waals surface area contributed by atoms with Crippen LogP contribution in [0.15, 0.2) is 34.8 Å². The fourth-order valence-corrected chi connectivity index (χ4v) is 2.82. The quantitative estimate of drug-likeness (QED) is 0.748. The molecule has 3 aliphatic rings. The molecule has 0 spiro atoms. The van der Waals surface area contributed by atoms with Gasteiger partial charge in [0.2, 0.25) is 5.89 Å². The molecule has 0 radical (unpaired) electrons. The molecule has 0 atom stereocenters. The highest BCUT2D eigenvalue weighted by Gasteiger charge is 2.29. The lowest BCUT2D eigenvalue weighted by atomic mass is 9.90. The number of allylic oxidation sites excluding steroid dienone is 1. The summed E-state index contributed by atoms with van der Waals surface area (Å²) in [7, 11) is 0. The van der Waals surface area contributed by atoms with Crippen molar-refractivity contribution in [1.29, 1.82) is 0 Å². The number of nitrogens with zero attached hydrogens (tertiary/aromatic N) is 2. The van der Waals surface area contributed by atoms with Crippen molar-refractivity contribution in [2.75, 3.05) is 13.1 Å². The van der Waals surface area contributed by atoms with Gasteiger partial charge in [0.1, 0.15) is 5.52 Å². The van der Waals surface area contributed by atoms with Crippen molar-refractivity contribution in [3.8, 4) is 0 Å². The summed E-state index contributed by atoms with van der Waals surface area (Å²) in [5.41, 5.74) is 3.03. The lowest BCUT2D eigenvalue weighted by Gasteiger charge is -2.38. The van der Waals surface area contributed by atoms with Gasteiger partial charge in [-0.05, 0) is 30.9 Å². The molecule has 0 N–H and O–H groups in total. The fraction of sp³-hybridized carbons (Fsp3) is 0.357. The molecule has 2 aromatic rings. The molecule has 5 rings (SSSR count). The molecular formula is C14H14N2O. The van der Waals surface area contributed by atoms with E-state index in [1.807, 2.05) is 24.3 Å². The molecule has 0 saturated carbocycles. The number of fused-ring (bicyclic) bond motifs is 3. The van der Waals surface area contributed by atoms with E-state index in [2.05, 4.69) is 16.0 Å². The Balaban J connectivity index is 1.84. The topological polar surface area (TPSA) is 29.3 Å². The first-order valence-corrected chi connectivity index (χ1v) is 6.23. The van der Waals surface area contributed by atoms with Gasteiger partial charge >= 0.3 is 0 Å². The number of hydrogen-bond donors (Lipinski definition) is 0. The summed E-state index contributed by atoms with van der Waals surface area (Å²) >= 11 is 0. The summed E-state index contributed by atoms with van der Waals surface area (Å²) in [5.74, 6) is 1.51. The van der Waals surface area contributed by atoms with E-state index in [1.54, 1.807) is 0 Å². The lowest BCUT2D eigenvalue weighted by Crippen LogP contribution is -2.36. The Bertz CT molecular complexity index is 558. The van der Waals surface area contributed by atoms with E-state index >= 15 is 0 Å². The zero-order valence-corrected chi connectivity index (χ0v) is 9.60. The second kappa shape index (κ2) is 3.36. The van der Waals surface area contributed by atoms with Gasteiger partial charge < -0.3 is 9.32 Å². The second-order valence-corrected chi connectivity index (χ2v) is 4.86. The minimum absolute atomic E-state index is 0.727. The van der Waals surface area contributed by atoms with Crippen LogP contribution in [-0.4, -0.2) is 23.0 Å². The number of rotatable bonds is 1. The number of hydrogen-bond acceptors (Lipinski definition) is 3. The highest BCUT2D eigenvalue weighted by atomic mass is 16.3. The molecule has 1 aromatic heterocycles. The molecule has 0 unspecified atom stereocenters. The smallest absolute Gasteiger partial charge is 0.243 e. The van der Waals surface area contributed by atoms with Crippen LogP contribution in [-0.2, 0) is 0 Å². The van der Waals surface area contributed by atoms with E-state index < -0.39 is 0 Å². The average Bonchev–Trinajstić information content (AvgIpc) is 2.83. The van der Waals surface area contributed by atoms with E-state index in [0.29, 0.717) is 0 Å². The second-order valence-electron chi connectivity index (χ2n) is 4.86. The van der Waals surface area contributed by atoms with Crippen LogP contribution >= 0.6 is 0 Å². The molecule has 3 heteroatoms. The van der Waals surface area contributed by atoms with Gasteiger partial charge in [0.25, 0.3) is 0 Å². The zero-order chi connectivity index (χ0) is 11.2. The summed E-state index contributed by atoms with van der Waals surface area (Å²) in [4.78, 5) is 6.97. The van der Waals surface area contributed by atoms with E-state index in [1.165, 1.54) is 18.5 Å². The summed E-state index contributed by atoms with van der Waals surface area (Å²) < 4.78 is 5.84. The lowest BCUT2D eigenvalue weighted by molar-refractivity contribution is 0.254. The molecule has 1 fully saturated rings. The van der Waals surface area contributed by atoms with Crippen molar-refractivity contribution in [3.63, 3.8) is 0 Å². The standard InChI is InChI=1S/C14H14N2O/c1-2-4-13-11(3-1)15-14(17-13)12-9-10-5-7-16(12)8-6-10/h1-4,9-10H,5-8H2. The van der Waals surface area contributed by atoms with Crippen LogP contribution < -0.4 is 0 Å². The van der Waals surface area contributed by atoms with Crippen LogP contribution in [0, 0.1) is 5.92 Å². The molecule has 3 nitrogen and oxygen atoms in total. The molecule has 1 aromatic carbocycles.